The van der Waals surface area contributed by atoms with Gasteiger partial charge in [0.1, 0.15) is 0 Å². The van der Waals surface area contributed by atoms with Crippen LogP contribution in [0.4, 0.5) is 4.79 Å². The monoisotopic (exact) mass is 155 g/mol. The van der Waals surface area contributed by atoms with E-state index in [1.807, 2.05) is 19.9 Å². The molecule has 0 bridgehead atoms. The number of hydrogen-bond donors (Lipinski definition) is 2. The minimum Gasteiger partial charge on any atom is -0.352 e. The average molecular weight is 155 g/mol. The van der Waals surface area contributed by atoms with Crippen LogP contribution in [0.3, 0.4) is 0 Å². The number of amides is 2. The van der Waals surface area contributed by atoms with Crippen molar-refractivity contribution in [1.82, 2.24) is 5.32 Å². The molecule has 3 N–H and O–H groups in total. The first-order chi connectivity index (χ1) is 4.98. The minimum atomic E-state index is -0.545. The molecule has 0 aromatic carbocycles. The summed E-state index contributed by atoms with van der Waals surface area (Å²) in [7, 11) is 0. The molecule has 0 spiro atoms. The van der Waals surface area contributed by atoms with Gasteiger partial charge in [0.25, 0.3) is 0 Å². The van der Waals surface area contributed by atoms with Crippen LogP contribution in [0.25, 0.3) is 0 Å². The molecule has 0 atom stereocenters. The highest BCUT2D eigenvalue weighted by Gasteiger charge is 2.17. The number of carbonyl (C=O) groups excluding carboxylic acids is 1. The van der Waals surface area contributed by atoms with Crippen molar-refractivity contribution in [3.8, 4) is 6.07 Å². The number of nitriles is 1. The molecule has 0 aliphatic carbocycles. The number of nitrogens with zero attached hydrogens (tertiary/aromatic N) is 1. The van der Waals surface area contributed by atoms with E-state index in [4.69, 9.17) is 11.0 Å². The summed E-state index contributed by atoms with van der Waals surface area (Å²) >= 11 is 0. The van der Waals surface area contributed by atoms with Crippen molar-refractivity contribution in [2.75, 3.05) is 6.54 Å². The predicted octanol–water partition coefficient (Wildman–Crippen LogP) is 0.595. The van der Waals surface area contributed by atoms with E-state index in [0.717, 1.165) is 0 Å². The third kappa shape index (κ3) is 5.22. The lowest BCUT2D eigenvalue weighted by Gasteiger charge is -2.20. The highest BCUT2D eigenvalue weighted by Crippen LogP contribution is 2.17. The molecule has 0 unspecified atom stereocenters. The summed E-state index contributed by atoms with van der Waals surface area (Å²) in [5.74, 6) is 0. The first kappa shape index (κ1) is 9.76. The van der Waals surface area contributed by atoms with Crippen molar-refractivity contribution in [3.63, 3.8) is 0 Å². The Hall–Kier alpha value is -1.24. The Morgan fingerprint density at radius 3 is 2.64 bits per heavy atom. The van der Waals surface area contributed by atoms with Crippen LogP contribution in [0, 0.1) is 16.7 Å². The number of hydrogen-bond acceptors (Lipinski definition) is 2. The number of urea groups is 1. The Balaban J connectivity index is 3.74. The number of carbonyl (C=O) groups is 1. The van der Waals surface area contributed by atoms with Crippen LogP contribution in [0.2, 0.25) is 0 Å². The SMILES string of the molecule is CC(C)(CC#N)CNC(N)=O. The Kier molecular flexibility index (Phi) is 3.38. The van der Waals surface area contributed by atoms with Gasteiger partial charge in [0.15, 0.2) is 0 Å². The smallest absolute Gasteiger partial charge is 0.312 e. The molecule has 2 amide bonds. The summed E-state index contributed by atoms with van der Waals surface area (Å²) < 4.78 is 0. The molecule has 0 heterocycles. The maximum absolute atomic E-state index is 10.3. The van der Waals surface area contributed by atoms with Gasteiger partial charge in [-0.2, -0.15) is 5.26 Å². The normalized spacial score (nSPS) is 10.3. The fraction of sp³-hybridized carbons (Fsp3) is 0.714. The third-order valence-corrected chi connectivity index (χ3v) is 1.30. The van der Waals surface area contributed by atoms with Crippen molar-refractivity contribution < 1.29 is 4.79 Å². The second kappa shape index (κ2) is 3.81. The molecule has 0 radical (unpaired) electrons. The molecule has 0 fully saturated rings. The lowest BCUT2D eigenvalue weighted by atomic mass is 9.90. The van der Waals surface area contributed by atoms with Crippen LogP contribution in [0.1, 0.15) is 20.3 Å². The summed E-state index contributed by atoms with van der Waals surface area (Å²) in [6.07, 6.45) is 0.410. The second-order valence-electron chi connectivity index (χ2n) is 3.22. The van der Waals surface area contributed by atoms with Gasteiger partial charge in [-0.1, -0.05) is 13.8 Å². The maximum Gasteiger partial charge on any atom is 0.312 e. The van der Waals surface area contributed by atoms with Gasteiger partial charge in [0, 0.05) is 13.0 Å². The zero-order valence-corrected chi connectivity index (χ0v) is 6.85. The van der Waals surface area contributed by atoms with Crippen LogP contribution in [0.5, 0.6) is 0 Å². The van der Waals surface area contributed by atoms with Gasteiger partial charge in [-0.3, -0.25) is 0 Å². The summed E-state index contributed by atoms with van der Waals surface area (Å²) in [5.41, 5.74) is 4.67. The molecule has 4 heteroatoms. The van der Waals surface area contributed by atoms with Crippen molar-refractivity contribution in [2.45, 2.75) is 20.3 Å². The molecule has 0 aromatic heterocycles. The van der Waals surface area contributed by atoms with E-state index in [2.05, 4.69) is 5.32 Å². The molecule has 62 valence electrons. The number of nitrogens with two attached hydrogens (primary N) is 1. The van der Waals surface area contributed by atoms with E-state index >= 15 is 0 Å². The topological polar surface area (TPSA) is 78.9 Å². The second-order valence-corrected chi connectivity index (χ2v) is 3.22. The first-order valence-corrected chi connectivity index (χ1v) is 3.38. The predicted molar refractivity (Wildman–Crippen MR) is 41.6 cm³/mol. The Morgan fingerprint density at radius 2 is 2.27 bits per heavy atom. The average Bonchev–Trinajstić information content (AvgIpc) is 1.84. The van der Waals surface area contributed by atoms with E-state index in [0.29, 0.717) is 13.0 Å². The molecule has 0 aliphatic heterocycles. The highest BCUT2D eigenvalue weighted by atomic mass is 16.2. The maximum atomic E-state index is 10.3. The van der Waals surface area contributed by atoms with Crippen molar-refractivity contribution in [3.05, 3.63) is 0 Å². The summed E-state index contributed by atoms with van der Waals surface area (Å²) in [6.45, 7) is 4.23. The Labute approximate surface area is 66.4 Å². The van der Waals surface area contributed by atoms with Crippen molar-refractivity contribution >= 4 is 6.03 Å². The minimum absolute atomic E-state index is 0.191. The Bertz CT molecular complexity index is 181. The van der Waals surface area contributed by atoms with Gasteiger partial charge in [0.2, 0.25) is 0 Å². The number of nitrogens with one attached hydrogen (secondary N) is 1. The first-order valence-electron chi connectivity index (χ1n) is 3.38. The fourth-order valence-corrected chi connectivity index (χ4v) is 0.603. The molecule has 0 aliphatic rings. The van der Waals surface area contributed by atoms with Crippen LogP contribution in [0.15, 0.2) is 0 Å². The van der Waals surface area contributed by atoms with E-state index in [9.17, 15) is 4.79 Å². The Morgan fingerprint density at radius 1 is 1.73 bits per heavy atom. The van der Waals surface area contributed by atoms with Crippen LogP contribution >= 0.6 is 0 Å². The van der Waals surface area contributed by atoms with E-state index in [-0.39, 0.29) is 5.41 Å². The van der Waals surface area contributed by atoms with Crippen LogP contribution in [-0.4, -0.2) is 12.6 Å². The van der Waals surface area contributed by atoms with Crippen LogP contribution < -0.4 is 11.1 Å². The highest BCUT2D eigenvalue weighted by molar-refractivity contribution is 5.71. The van der Waals surface area contributed by atoms with Gasteiger partial charge in [-0.25, -0.2) is 4.79 Å². The molecule has 4 nitrogen and oxygen atoms in total. The lowest BCUT2D eigenvalue weighted by molar-refractivity contribution is 0.242. The number of primary amides is 1. The van der Waals surface area contributed by atoms with Crippen LogP contribution in [-0.2, 0) is 0 Å². The molecular weight excluding hydrogens is 142 g/mol. The zero-order valence-electron chi connectivity index (χ0n) is 6.85. The van der Waals surface area contributed by atoms with E-state index < -0.39 is 6.03 Å². The standard InChI is InChI=1S/C7H13N3O/c1-7(2,3-4-8)5-10-6(9)11/h3,5H2,1-2H3,(H3,9,10,11). The van der Waals surface area contributed by atoms with E-state index in [1.54, 1.807) is 0 Å². The van der Waals surface area contributed by atoms with E-state index in [1.165, 1.54) is 0 Å². The molecule has 11 heavy (non-hydrogen) atoms. The lowest BCUT2D eigenvalue weighted by Crippen LogP contribution is -2.37. The molecule has 0 saturated heterocycles. The largest absolute Gasteiger partial charge is 0.352 e. The molecule has 0 aromatic rings. The molecular formula is C7H13N3O. The molecule has 0 saturated carbocycles. The quantitative estimate of drug-likeness (QED) is 0.625. The van der Waals surface area contributed by atoms with Gasteiger partial charge in [-0.05, 0) is 5.41 Å². The summed E-state index contributed by atoms with van der Waals surface area (Å²) in [5, 5.41) is 10.8. The van der Waals surface area contributed by atoms with Gasteiger partial charge >= 0.3 is 6.03 Å². The summed E-state index contributed by atoms with van der Waals surface area (Å²) in [4.78, 5) is 10.3. The fourth-order valence-electron chi connectivity index (χ4n) is 0.603. The van der Waals surface area contributed by atoms with Gasteiger partial charge < -0.3 is 11.1 Å². The summed E-state index contributed by atoms with van der Waals surface area (Å²) in [6, 6.07) is 1.49. The zero-order chi connectivity index (χ0) is 8.91. The van der Waals surface area contributed by atoms with Gasteiger partial charge in [-0.15, -0.1) is 0 Å². The number of rotatable bonds is 3. The van der Waals surface area contributed by atoms with Crippen molar-refractivity contribution in [1.29, 1.82) is 5.26 Å². The van der Waals surface area contributed by atoms with Crippen molar-refractivity contribution in [2.24, 2.45) is 11.1 Å². The van der Waals surface area contributed by atoms with Gasteiger partial charge in [0.05, 0.1) is 6.07 Å². The third-order valence-electron chi connectivity index (χ3n) is 1.30. The molecule has 0 rings (SSSR count).